The van der Waals surface area contributed by atoms with E-state index in [0.29, 0.717) is 18.8 Å². The molecular formula is C22H17N3O4. The molecule has 1 aliphatic carbocycles. The van der Waals surface area contributed by atoms with E-state index >= 15 is 0 Å². The van der Waals surface area contributed by atoms with Crippen LogP contribution < -0.4 is 4.90 Å². The smallest absolute Gasteiger partial charge is 0.415 e. The molecule has 0 bridgehead atoms. The molecule has 0 spiro atoms. The fourth-order valence-corrected chi connectivity index (χ4v) is 4.10. The van der Waals surface area contributed by atoms with E-state index in [1.54, 1.807) is 0 Å². The Morgan fingerprint density at radius 2 is 1.72 bits per heavy atom. The largest absolute Gasteiger partial charge is 0.475 e. The lowest BCUT2D eigenvalue weighted by atomic mass is 9.98. The van der Waals surface area contributed by atoms with Crippen LogP contribution in [0.2, 0.25) is 0 Å². The Kier molecular flexibility index (Phi) is 4.01. The fourth-order valence-electron chi connectivity index (χ4n) is 4.10. The van der Waals surface area contributed by atoms with E-state index < -0.39 is 12.1 Å². The van der Waals surface area contributed by atoms with Gasteiger partial charge in [-0.1, -0.05) is 48.5 Å². The average Bonchev–Trinajstić information content (AvgIpc) is 3.31. The summed E-state index contributed by atoms with van der Waals surface area (Å²) in [5.41, 5.74) is 5.34. The summed E-state index contributed by atoms with van der Waals surface area (Å²) in [5.74, 6) is -1.28. The van der Waals surface area contributed by atoms with Gasteiger partial charge in [0.15, 0.2) is 0 Å². The Morgan fingerprint density at radius 3 is 2.38 bits per heavy atom. The van der Waals surface area contributed by atoms with Crippen LogP contribution in [0.15, 0.2) is 54.7 Å². The summed E-state index contributed by atoms with van der Waals surface area (Å²) >= 11 is 0. The number of aromatic carboxylic acids is 1. The van der Waals surface area contributed by atoms with E-state index in [0.717, 1.165) is 27.8 Å². The first-order chi connectivity index (χ1) is 14.1. The highest BCUT2D eigenvalue weighted by Gasteiger charge is 2.32. The van der Waals surface area contributed by atoms with Crippen molar-refractivity contribution in [2.45, 2.75) is 12.3 Å². The van der Waals surface area contributed by atoms with E-state index in [4.69, 9.17) is 9.84 Å². The van der Waals surface area contributed by atoms with Crippen molar-refractivity contribution in [3.8, 4) is 11.1 Å². The van der Waals surface area contributed by atoms with Gasteiger partial charge in [-0.05, 0) is 28.7 Å². The van der Waals surface area contributed by atoms with Crippen molar-refractivity contribution in [1.29, 1.82) is 0 Å². The number of benzene rings is 2. The molecule has 7 heteroatoms. The van der Waals surface area contributed by atoms with Gasteiger partial charge in [-0.25, -0.2) is 19.6 Å². The van der Waals surface area contributed by atoms with Gasteiger partial charge in [-0.3, -0.25) is 4.90 Å². The Labute approximate surface area is 166 Å². The minimum Gasteiger partial charge on any atom is -0.475 e. The molecule has 7 nitrogen and oxygen atoms in total. The van der Waals surface area contributed by atoms with E-state index in [2.05, 4.69) is 34.2 Å². The Balaban J connectivity index is 1.38. The van der Waals surface area contributed by atoms with Gasteiger partial charge in [-0.15, -0.1) is 0 Å². The SMILES string of the molecule is O=C(O)c1ncc2c(n1)N(C(=O)OCC1c3ccccc3-c3ccccc31)CC2. The number of fused-ring (bicyclic) bond motifs is 4. The van der Waals surface area contributed by atoms with Gasteiger partial charge in [0.2, 0.25) is 5.82 Å². The first-order valence-electron chi connectivity index (χ1n) is 9.35. The van der Waals surface area contributed by atoms with Crippen molar-refractivity contribution in [1.82, 2.24) is 9.97 Å². The first-order valence-corrected chi connectivity index (χ1v) is 9.35. The molecule has 1 N–H and O–H groups in total. The molecule has 0 unspecified atom stereocenters. The molecule has 1 amide bonds. The normalized spacial score (nSPS) is 14.3. The number of amides is 1. The number of rotatable bonds is 3. The minimum absolute atomic E-state index is 0.0339. The van der Waals surface area contributed by atoms with Gasteiger partial charge in [0.25, 0.3) is 0 Å². The number of carbonyl (C=O) groups is 2. The minimum atomic E-state index is -1.23. The summed E-state index contributed by atoms with van der Waals surface area (Å²) in [6, 6.07) is 16.3. The highest BCUT2D eigenvalue weighted by molar-refractivity contribution is 5.90. The highest BCUT2D eigenvalue weighted by atomic mass is 16.6. The number of nitrogens with zero attached hydrogens (tertiary/aromatic N) is 3. The molecular weight excluding hydrogens is 370 g/mol. The van der Waals surface area contributed by atoms with Gasteiger partial charge in [0, 0.05) is 24.2 Å². The van der Waals surface area contributed by atoms with E-state index in [-0.39, 0.29) is 18.3 Å². The third kappa shape index (κ3) is 2.82. The monoisotopic (exact) mass is 387 g/mol. The van der Waals surface area contributed by atoms with Crippen LogP contribution in [-0.2, 0) is 11.2 Å². The summed E-state index contributed by atoms with van der Waals surface area (Å²) in [6.45, 7) is 0.597. The third-order valence-corrected chi connectivity index (χ3v) is 5.45. The zero-order chi connectivity index (χ0) is 20.0. The Hall–Kier alpha value is -3.74. The van der Waals surface area contributed by atoms with Gasteiger partial charge < -0.3 is 9.84 Å². The summed E-state index contributed by atoms with van der Waals surface area (Å²) in [4.78, 5) is 33.1. The lowest BCUT2D eigenvalue weighted by molar-refractivity contribution is 0.0683. The lowest BCUT2D eigenvalue weighted by Crippen LogP contribution is -2.31. The predicted molar refractivity (Wildman–Crippen MR) is 105 cm³/mol. The quantitative estimate of drug-likeness (QED) is 0.740. The number of carbonyl (C=O) groups excluding carboxylic acids is 1. The Bertz CT molecular complexity index is 1100. The number of hydrogen-bond donors (Lipinski definition) is 1. The molecule has 144 valence electrons. The molecule has 0 saturated carbocycles. The molecule has 1 aromatic heterocycles. The standard InChI is InChI=1S/C22H17N3O4/c26-21(27)19-23-11-13-9-10-25(20(13)24-19)22(28)29-12-18-16-7-3-1-5-14(16)15-6-2-4-8-17(15)18/h1-8,11,18H,9-10,12H2,(H,26,27). The zero-order valence-corrected chi connectivity index (χ0v) is 15.4. The zero-order valence-electron chi connectivity index (χ0n) is 15.4. The number of anilines is 1. The van der Waals surface area contributed by atoms with E-state index in [1.807, 2.05) is 24.3 Å². The van der Waals surface area contributed by atoms with Crippen molar-refractivity contribution in [3.05, 3.63) is 77.2 Å². The third-order valence-electron chi connectivity index (χ3n) is 5.45. The van der Waals surface area contributed by atoms with E-state index in [1.165, 1.54) is 11.1 Å². The maximum Gasteiger partial charge on any atom is 0.415 e. The van der Waals surface area contributed by atoms with Crippen LogP contribution >= 0.6 is 0 Å². The van der Waals surface area contributed by atoms with Crippen LogP contribution in [0.1, 0.15) is 33.2 Å². The van der Waals surface area contributed by atoms with Crippen LogP contribution in [0.4, 0.5) is 10.6 Å². The molecule has 5 rings (SSSR count). The second kappa shape index (κ2) is 6.70. The first kappa shape index (κ1) is 17.4. The molecule has 3 aromatic rings. The van der Waals surface area contributed by atoms with Crippen LogP contribution in [0.25, 0.3) is 11.1 Å². The van der Waals surface area contributed by atoms with Crippen LogP contribution in [-0.4, -0.2) is 40.3 Å². The van der Waals surface area contributed by atoms with Crippen LogP contribution in [0.5, 0.6) is 0 Å². The molecule has 1 aliphatic heterocycles. The number of aromatic nitrogens is 2. The van der Waals surface area contributed by atoms with Gasteiger partial charge in [0.1, 0.15) is 12.4 Å². The summed E-state index contributed by atoms with van der Waals surface area (Å²) in [6.07, 6.45) is 1.50. The number of carboxylic acids is 1. The number of hydrogen-bond acceptors (Lipinski definition) is 5. The maximum atomic E-state index is 12.8. The lowest BCUT2D eigenvalue weighted by Gasteiger charge is -2.19. The molecule has 2 heterocycles. The van der Waals surface area contributed by atoms with Gasteiger partial charge >= 0.3 is 12.1 Å². The van der Waals surface area contributed by atoms with Crippen molar-refractivity contribution in [3.63, 3.8) is 0 Å². The second-order valence-corrected chi connectivity index (χ2v) is 7.05. The van der Waals surface area contributed by atoms with Gasteiger partial charge in [-0.2, -0.15) is 0 Å². The van der Waals surface area contributed by atoms with Crippen molar-refractivity contribution < 1.29 is 19.4 Å². The average molecular weight is 387 g/mol. The molecule has 29 heavy (non-hydrogen) atoms. The molecule has 0 radical (unpaired) electrons. The number of carboxylic acid groups (broad SMARTS) is 1. The van der Waals surface area contributed by atoms with Crippen LogP contribution in [0.3, 0.4) is 0 Å². The number of ether oxygens (including phenoxy) is 1. The summed E-state index contributed by atoms with van der Waals surface area (Å²) in [7, 11) is 0. The molecule has 0 saturated heterocycles. The summed E-state index contributed by atoms with van der Waals surface area (Å²) in [5, 5.41) is 9.11. The molecule has 0 atom stereocenters. The topological polar surface area (TPSA) is 92.6 Å². The van der Waals surface area contributed by atoms with E-state index in [9.17, 15) is 9.59 Å². The van der Waals surface area contributed by atoms with Crippen molar-refractivity contribution in [2.75, 3.05) is 18.1 Å². The van der Waals surface area contributed by atoms with Crippen molar-refractivity contribution >= 4 is 17.9 Å². The molecule has 2 aliphatic rings. The Morgan fingerprint density at radius 1 is 1.07 bits per heavy atom. The molecule has 0 fully saturated rings. The fraction of sp³-hybridized carbons (Fsp3) is 0.182. The predicted octanol–water partition coefficient (Wildman–Crippen LogP) is 3.49. The second-order valence-electron chi connectivity index (χ2n) is 7.05. The highest BCUT2D eigenvalue weighted by Crippen LogP contribution is 2.44. The maximum absolute atomic E-state index is 12.8. The van der Waals surface area contributed by atoms with Crippen LogP contribution in [0, 0.1) is 0 Å². The van der Waals surface area contributed by atoms with Crippen molar-refractivity contribution in [2.24, 2.45) is 0 Å². The molecule has 2 aromatic carbocycles. The summed E-state index contributed by atoms with van der Waals surface area (Å²) < 4.78 is 5.66. The van der Waals surface area contributed by atoms with Gasteiger partial charge in [0.05, 0.1) is 0 Å².